The summed E-state index contributed by atoms with van der Waals surface area (Å²) in [7, 11) is 0. The summed E-state index contributed by atoms with van der Waals surface area (Å²) in [5.74, 6) is 0.563. The molecule has 6 nitrogen and oxygen atoms in total. The Balaban J connectivity index is 1.40. The summed E-state index contributed by atoms with van der Waals surface area (Å²) >= 11 is 0. The van der Waals surface area contributed by atoms with Crippen LogP contribution in [0.15, 0.2) is 60.7 Å². The average molecular weight is 395 g/mol. The molecule has 5 aromatic rings. The van der Waals surface area contributed by atoms with Gasteiger partial charge in [-0.1, -0.05) is 47.5 Å². The normalized spacial score (nSPS) is 11.3. The number of rotatable bonds is 4. The first-order chi connectivity index (χ1) is 14.6. The first kappa shape index (κ1) is 18.1. The minimum absolute atomic E-state index is 0.113. The molecule has 0 fully saturated rings. The van der Waals surface area contributed by atoms with Crippen LogP contribution in [-0.2, 0) is 6.54 Å². The van der Waals surface area contributed by atoms with Gasteiger partial charge in [-0.05, 0) is 43.7 Å². The number of nitrogens with one attached hydrogen (secondary N) is 3. The number of fused-ring (bicyclic) bond motifs is 2. The number of imidazole rings is 1. The van der Waals surface area contributed by atoms with Crippen LogP contribution >= 0.6 is 0 Å². The van der Waals surface area contributed by atoms with Gasteiger partial charge >= 0.3 is 0 Å². The van der Waals surface area contributed by atoms with Crippen molar-refractivity contribution in [1.82, 2.24) is 25.5 Å². The highest BCUT2D eigenvalue weighted by atomic mass is 16.1. The number of amides is 1. The standard InChI is InChI=1S/C24H21N5O/c1-14-9-15(2)11-16(10-14)13-25-24(30)17-7-8-20-21(12-17)27-23(26-20)22-18-5-3-4-6-19(18)28-29-22/h3-12H,13H2,1-2H3,(H,25,30)(H,26,27)(H,28,29). The third-order valence-corrected chi connectivity index (χ3v) is 5.17. The number of nitrogens with zero attached hydrogens (tertiary/aromatic N) is 2. The third kappa shape index (κ3) is 3.33. The lowest BCUT2D eigenvalue weighted by molar-refractivity contribution is 0.0951. The Morgan fingerprint density at radius 2 is 1.77 bits per heavy atom. The van der Waals surface area contributed by atoms with Crippen molar-refractivity contribution in [2.24, 2.45) is 0 Å². The van der Waals surface area contributed by atoms with Gasteiger partial charge in [-0.3, -0.25) is 9.89 Å². The monoisotopic (exact) mass is 395 g/mol. The second-order valence-electron chi connectivity index (χ2n) is 7.61. The predicted molar refractivity (Wildman–Crippen MR) is 118 cm³/mol. The summed E-state index contributed by atoms with van der Waals surface area (Å²) in [5.41, 5.74) is 7.39. The molecule has 3 aromatic carbocycles. The molecule has 0 radical (unpaired) electrons. The Morgan fingerprint density at radius 1 is 0.967 bits per heavy atom. The summed E-state index contributed by atoms with van der Waals surface area (Å²) in [6.45, 7) is 4.61. The van der Waals surface area contributed by atoms with E-state index in [9.17, 15) is 4.79 Å². The Morgan fingerprint density at radius 3 is 2.60 bits per heavy atom. The highest BCUT2D eigenvalue weighted by Gasteiger charge is 2.14. The van der Waals surface area contributed by atoms with Crippen LogP contribution in [0.25, 0.3) is 33.5 Å². The molecule has 6 heteroatoms. The van der Waals surface area contributed by atoms with Crippen molar-refractivity contribution in [3.05, 3.63) is 82.9 Å². The van der Waals surface area contributed by atoms with E-state index in [-0.39, 0.29) is 5.91 Å². The van der Waals surface area contributed by atoms with Gasteiger partial charge in [0.15, 0.2) is 5.82 Å². The van der Waals surface area contributed by atoms with Crippen molar-refractivity contribution >= 4 is 27.8 Å². The largest absolute Gasteiger partial charge is 0.348 e. The van der Waals surface area contributed by atoms with Gasteiger partial charge in [0.05, 0.1) is 16.6 Å². The van der Waals surface area contributed by atoms with Crippen LogP contribution in [0, 0.1) is 13.8 Å². The van der Waals surface area contributed by atoms with Crippen LogP contribution in [0.3, 0.4) is 0 Å². The van der Waals surface area contributed by atoms with E-state index < -0.39 is 0 Å². The number of carbonyl (C=O) groups is 1. The first-order valence-electron chi connectivity index (χ1n) is 9.85. The maximum absolute atomic E-state index is 12.7. The first-order valence-corrected chi connectivity index (χ1v) is 9.85. The fourth-order valence-electron chi connectivity index (χ4n) is 3.86. The van der Waals surface area contributed by atoms with Gasteiger partial charge in [-0.2, -0.15) is 5.10 Å². The van der Waals surface area contributed by atoms with Crippen LogP contribution in [0.2, 0.25) is 0 Å². The maximum Gasteiger partial charge on any atom is 0.251 e. The number of H-pyrrole nitrogens is 2. The molecule has 2 heterocycles. The Kier molecular flexibility index (Phi) is 4.32. The van der Waals surface area contributed by atoms with E-state index in [0.717, 1.165) is 33.2 Å². The minimum Gasteiger partial charge on any atom is -0.348 e. The summed E-state index contributed by atoms with van der Waals surface area (Å²) in [6, 6.07) is 19.7. The lowest BCUT2D eigenvalue weighted by Gasteiger charge is -2.07. The van der Waals surface area contributed by atoms with E-state index in [2.05, 4.69) is 57.5 Å². The molecule has 30 heavy (non-hydrogen) atoms. The number of hydrogen-bond acceptors (Lipinski definition) is 3. The molecule has 0 saturated carbocycles. The fraction of sp³-hybridized carbons (Fsp3) is 0.125. The summed E-state index contributed by atoms with van der Waals surface area (Å²) in [5, 5.41) is 11.4. The number of hydrogen-bond donors (Lipinski definition) is 3. The smallest absolute Gasteiger partial charge is 0.251 e. The molecule has 0 aliphatic carbocycles. The van der Waals surface area contributed by atoms with Gasteiger partial charge < -0.3 is 10.3 Å². The molecule has 0 saturated heterocycles. The minimum atomic E-state index is -0.113. The number of para-hydroxylation sites is 1. The van der Waals surface area contributed by atoms with Crippen LogP contribution in [0.1, 0.15) is 27.0 Å². The molecular formula is C24H21N5O. The van der Waals surface area contributed by atoms with E-state index in [1.165, 1.54) is 11.1 Å². The van der Waals surface area contributed by atoms with Crippen molar-refractivity contribution < 1.29 is 4.79 Å². The van der Waals surface area contributed by atoms with Gasteiger partial charge in [0.25, 0.3) is 5.91 Å². The zero-order valence-electron chi connectivity index (χ0n) is 16.8. The van der Waals surface area contributed by atoms with Gasteiger partial charge in [0, 0.05) is 17.5 Å². The highest BCUT2D eigenvalue weighted by Crippen LogP contribution is 2.26. The third-order valence-electron chi connectivity index (χ3n) is 5.17. The molecule has 0 spiro atoms. The maximum atomic E-state index is 12.7. The van der Waals surface area contributed by atoms with Crippen molar-refractivity contribution in [3.63, 3.8) is 0 Å². The average Bonchev–Trinajstić information content (AvgIpc) is 3.34. The number of carbonyl (C=O) groups excluding carboxylic acids is 1. The zero-order chi connectivity index (χ0) is 20.7. The quantitative estimate of drug-likeness (QED) is 0.414. The van der Waals surface area contributed by atoms with Crippen LogP contribution in [0.5, 0.6) is 0 Å². The molecule has 0 bridgehead atoms. The number of aryl methyl sites for hydroxylation is 2. The number of aromatic amines is 2. The molecule has 0 unspecified atom stereocenters. The lowest BCUT2D eigenvalue weighted by Crippen LogP contribution is -2.22. The van der Waals surface area contributed by atoms with Crippen molar-refractivity contribution in [2.75, 3.05) is 0 Å². The molecule has 5 rings (SSSR count). The van der Waals surface area contributed by atoms with Gasteiger partial charge in [0.1, 0.15) is 5.69 Å². The fourth-order valence-corrected chi connectivity index (χ4v) is 3.86. The summed E-state index contributed by atoms with van der Waals surface area (Å²) in [4.78, 5) is 20.6. The van der Waals surface area contributed by atoms with Crippen molar-refractivity contribution in [1.29, 1.82) is 0 Å². The Labute approximate surface area is 173 Å². The van der Waals surface area contributed by atoms with E-state index in [1.807, 2.05) is 36.4 Å². The Bertz CT molecular complexity index is 1380. The SMILES string of the molecule is Cc1cc(C)cc(CNC(=O)c2ccc3nc(-c4n[nH]c5ccccc45)[nH]c3c2)c1. The predicted octanol–water partition coefficient (Wildman–Crippen LogP) is 4.65. The van der Waals surface area contributed by atoms with Crippen LogP contribution in [0.4, 0.5) is 0 Å². The van der Waals surface area contributed by atoms with E-state index in [1.54, 1.807) is 6.07 Å². The Hall–Kier alpha value is -3.93. The highest BCUT2D eigenvalue weighted by molar-refractivity contribution is 5.98. The van der Waals surface area contributed by atoms with Crippen molar-refractivity contribution in [3.8, 4) is 11.5 Å². The summed E-state index contributed by atoms with van der Waals surface area (Å²) in [6.07, 6.45) is 0. The van der Waals surface area contributed by atoms with Gasteiger partial charge in [0.2, 0.25) is 0 Å². The molecule has 0 atom stereocenters. The molecule has 0 aliphatic heterocycles. The second-order valence-corrected chi connectivity index (χ2v) is 7.61. The van der Waals surface area contributed by atoms with Crippen LogP contribution < -0.4 is 5.32 Å². The molecule has 1 amide bonds. The van der Waals surface area contributed by atoms with Gasteiger partial charge in [-0.25, -0.2) is 4.98 Å². The topological polar surface area (TPSA) is 86.5 Å². The molecular weight excluding hydrogens is 374 g/mol. The van der Waals surface area contributed by atoms with E-state index in [0.29, 0.717) is 17.9 Å². The zero-order valence-corrected chi connectivity index (χ0v) is 16.8. The van der Waals surface area contributed by atoms with E-state index >= 15 is 0 Å². The lowest BCUT2D eigenvalue weighted by atomic mass is 10.1. The second kappa shape index (κ2) is 7.15. The molecule has 0 aliphatic rings. The molecule has 2 aromatic heterocycles. The van der Waals surface area contributed by atoms with E-state index in [4.69, 9.17) is 0 Å². The van der Waals surface area contributed by atoms with Crippen LogP contribution in [-0.4, -0.2) is 26.1 Å². The summed E-state index contributed by atoms with van der Waals surface area (Å²) < 4.78 is 0. The molecule has 148 valence electrons. The van der Waals surface area contributed by atoms with Gasteiger partial charge in [-0.15, -0.1) is 0 Å². The van der Waals surface area contributed by atoms with Crippen molar-refractivity contribution in [2.45, 2.75) is 20.4 Å². The molecule has 3 N–H and O–H groups in total. The number of aromatic nitrogens is 4. The number of benzene rings is 3.